The van der Waals surface area contributed by atoms with Crippen LogP contribution < -0.4 is 14.8 Å². The molecule has 0 spiro atoms. The number of hydrogen-bond acceptors (Lipinski definition) is 4. The molecular formula is C15H18F2N2O2. The molecular weight excluding hydrogens is 278 g/mol. The summed E-state index contributed by atoms with van der Waals surface area (Å²) < 4.78 is 35.9. The van der Waals surface area contributed by atoms with Crippen molar-refractivity contribution >= 4 is 0 Å². The number of ether oxygens (including phenoxy) is 2. The maximum absolute atomic E-state index is 13.3. The molecule has 0 saturated carbocycles. The van der Waals surface area contributed by atoms with E-state index in [1.165, 1.54) is 6.07 Å². The highest BCUT2D eigenvalue weighted by molar-refractivity contribution is 5.50. The monoisotopic (exact) mass is 296 g/mol. The quantitative estimate of drug-likeness (QED) is 0.866. The Labute approximate surface area is 122 Å². The van der Waals surface area contributed by atoms with Crippen molar-refractivity contribution in [3.8, 4) is 11.5 Å². The minimum absolute atomic E-state index is 0.0305. The summed E-state index contributed by atoms with van der Waals surface area (Å²) in [5, 5.41) is 3.29. The van der Waals surface area contributed by atoms with Gasteiger partial charge in [-0.2, -0.15) is 0 Å². The van der Waals surface area contributed by atoms with Gasteiger partial charge in [-0.15, -0.1) is 15.4 Å². The van der Waals surface area contributed by atoms with Crippen molar-refractivity contribution in [2.75, 3.05) is 26.2 Å². The zero-order valence-electron chi connectivity index (χ0n) is 11.6. The largest absolute Gasteiger partial charge is 0.586 e. The summed E-state index contributed by atoms with van der Waals surface area (Å²) in [6.45, 7) is 7.27. The second-order valence-corrected chi connectivity index (χ2v) is 5.17. The molecule has 1 aromatic carbocycles. The fraction of sp³-hybridized carbons (Fsp3) is 0.467. The number of rotatable bonds is 4. The van der Waals surface area contributed by atoms with Crippen molar-refractivity contribution in [1.29, 1.82) is 0 Å². The van der Waals surface area contributed by atoms with E-state index >= 15 is 0 Å². The first-order valence-corrected chi connectivity index (χ1v) is 7.05. The van der Waals surface area contributed by atoms with Gasteiger partial charge in [-0.25, -0.2) is 0 Å². The number of benzene rings is 1. The zero-order valence-corrected chi connectivity index (χ0v) is 11.6. The van der Waals surface area contributed by atoms with Crippen LogP contribution in [0.4, 0.5) is 8.78 Å². The SMILES string of the molecule is C=CC[C@H](c1cccc2c1OC(F)(F)O2)N1CCNCC1. The summed E-state index contributed by atoms with van der Waals surface area (Å²) in [7, 11) is 0. The van der Waals surface area contributed by atoms with Crippen LogP contribution in [0.3, 0.4) is 0 Å². The summed E-state index contributed by atoms with van der Waals surface area (Å²) >= 11 is 0. The predicted molar refractivity (Wildman–Crippen MR) is 74.6 cm³/mol. The maximum Gasteiger partial charge on any atom is 0.586 e. The fourth-order valence-electron chi connectivity index (χ4n) is 2.88. The topological polar surface area (TPSA) is 33.7 Å². The molecule has 3 rings (SSSR count). The van der Waals surface area contributed by atoms with E-state index in [4.69, 9.17) is 4.74 Å². The molecule has 114 valence electrons. The molecule has 1 N–H and O–H groups in total. The molecule has 2 aliphatic heterocycles. The zero-order chi connectivity index (χ0) is 14.9. The highest BCUT2D eigenvalue weighted by Crippen LogP contribution is 2.46. The third-order valence-electron chi connectivity index (χ3n) is 3.80. The standard InChI is InChI=1S/C15H18F2N2O2/c1-2-4-12(19-9-7-18-8-10-19)11-5-3-6-13-14(11)21-15(16,17)20-13/h2-3,5-6,12,18H,1,4,7-10H2/t12-/m1/s1. The molecule has 2 heterocycles. The van der Waals surface area contributed by atoms with Crippen LogP contribution in [0.1, 0.15) is 18.0 Å². The molecule has 4 nitrogen and oxygen atoms in total. The Morgan fingerprint density at radius 1 is 1.33 bits per heavy atom. The number of piperazine rings is 1. The molecule has 1 fully saturated rings. The highest BCUT2D eigenvalue weighted by Gasteiger charge is 2.45. The van der Waals surface area contributed by atoms with Crippen LogP contribution in [-0.2, 0) is 0 Å². The lowest BCUT2D eigenvalue weighted by Gasteiger charge is -2.35. The first kappa shape index (κ1) is 14.3. The average molecular weight is 296 g/mol. The van der Waals surface area contributed by atoms with Gasteiger partial charge in [-0.1, -0.05) is 18.2 Å². The molecule has 0 aliphatic carbocycles. The van der Waals surface area contributed by atoms with Crippen LogP contribution in [0.2, 0.25) is 0 Å². The molecule has 2 aliphatic rings. The van der Waals surface area contributed by atoms with E-state index in [9.17, 15) is 8.78 Å². The van der Waals surface area contributed by atoms with E-state index in [0.717, 1.165) is 31.7 Å². The molecule has 1 aromatic rings. The lowest BCUT2D eigenvalue weighted by molar-refractivity contribution is -0.287. The van der Waals surface area contributed by atoms with Gasteiger partial charge < -0.3 is 14.8 Å². The predicted octanol–water partition coefficient (Wildman–Crippen LogP) is 2.53. The number of fused-ring (bicyclic) bond motifs is 1. The molecule has 1 saturated heterocycles. The van der Waals surface area contributed by atoms with Crippen LogP contribution in [0.5, 0.6) is 11.5 Å². The Kier molecular flexibility index (Phi) is 3.82. The second-order valence-electron chi connectivity index (χ2n) is 5.17. The van der Waals surface area contributed by atoms with Gasteiger partial charge in [0.05, 0.1) is 0 Å². The van der Waals surface area contributed by atoms with E-state index in [2.05, 4.69) is 21.5 Å². The van der Waals surface area contributed by atoms with E-state index < -0.39 is 6.29 Å². The van der Waals surface area contributed by atoms with Crippen LogP contribution in [0.15, 0.2) is 30.9 Å². The van der Waals surface area contributed by atoms with Gasteiger partial charge in [-0.05, 0) is 12.5 Å². The Bertz CT molecular complexity index is 530. The summed E-state index contributed by atoms with van der Waals surface area (Å²) in [6, 6.07) is 5.01. The van der Waals surface area contributed by atoms with Crippen molar-refractivity contribution in [2.24, 2.45) is 0 Å². The molecule has 6 heteroatoms. The lowest BCUT2D eigenvalue weighted by atomic mass is 9.99. The fourth-order valence-corrected chi connectivity index (χ4v) is 2.88. The van der Waals surface area contributed by atoms with Crippen LogP contribution >= 0.6 is 0 Å². The molecule has 0 aromatic heterocycles. The van der Waals surface area contributed by atoms with Gasteiger partial charge in [0.2, 0.25) is 0 Å². The van der Waals surface area contributed by atoms with Crippen LogP contribution in [-0.4, -0.2) is 37.4 Å². The van der Waals surface area contributed by atoms with Gasteiger partial charge in [0.15, 0.2) is 11.5 Å². The van der Waals surface area contributed by atoms with Crippen molar-refractivity contribution < 1.29 is 18.3 Å². The van der Waals surface area contributed by atoms with Crippen molar-refractivity contribution in [2.45, 2.75) is 18.8 Å². The number of nitrogens with zero attached hydrogens (tertiary/aromatic N) is 1. The summed E-state index contributed by atoms with van der Waals surface area (Å²) in [5.41, 5.74) is 0.728. The summed E-state index contributed by atoms with van der Waals surface area (Å²) in [6.07, 6.45) is -1.11. The first-order valence-electron chi connectivity index (χ1n) is 7.05. The number of alkyl halides is 2. The molecule has 0 radical (unpaired) electrons. The highest BCUT2D eigenvalue weighted by atomic mass is 19.3. The normalized spacial score (nSPS) is 22.0. The smallest absolute Gasteiger partial charge is 0.395 e. The van der Waals surface area contributed by atoms with E-state index in [1.807, 2.05) is 6.07 Å². The van der Waals surface area contributed by atoms with Gasteiger partial charge in [0.1, 0.15) is 0 Å². The van der Waals surface area contributed by atoms with Crippen LogP contribution in [0.25, 0.3) is 0 Å². The first-order chi connectivity index (χ1) is 10.1. The van der Waals surface area contributed by atoms with Gasteiger partial charge in [-0.3, -0.25) is 4.90 Å². The number of halogens is 2. The van der Waals surface area contributed by atoms with E-state index in [0.29, 0.717) is 6.42 Å². The summed E-state index contributed by atoms with van der Waals surface area (Å²) in [5.74, 6) is 0.245. The maximum atomic E-state index is 13.3. The molecule has 0 unspecified atom stereocenters. The third kappa shape index (κ3) is 2.87. The molecule has 21 heavy (non-hydrogen) atoms. The van der Waals surface area contributed by atoms with Crippen molar-refractivity contribution in [1.82, 2.24) is 10.2 Å². The minimum Gasteiger partial charge on any atom is -0.395 e. The molecule has 1 atom stereocenters. The minimum atomic E-state index is -3.58. The average Bonchev–Trinajstić information content (AvgIpc) is 2.79. The van der Waals surface area contributed by atoms with Crippen molar-refractivity contribution in [3.63, 3.8) is 0 Å². The number of para-hydroxylation sites is 1. The van der Waals surface area contributed by atoms with E-state index in [1.54, 1.807) is 12.1 Å². The Hall–Kier alpha value is -1.66. The second kappa shape index (κ2) is 5.61. The van der Waals surface area contributed by atoms with E-state index in [-0.39, 0.29) is 17.5 Å². The molecule has 0 bridgehead atoms. The van der Waals surface area contributed by atoms with Gasteiger partial charge in [0.25, 0.3) is 0 Å². The Balaban J connectivity index is 1.93. The summed E-state index contributed by atoms with van der Waals surface area (Å²) in [4.78, 5) is 2.26. The number of hydrogen-bond donors (Lipinski definition) is 1. The molecule has 0 amide bonds. The number of nitrogens with one attached hydrogen (secondary N) is 1. The van der Waals surface area contributed by atoms with Gasteiger partial charge in [0, 0.05) is 37.8 Å². The van der Waals surface area contributed by atoms with Gasteiger partial charge >= 0.3 is 6.29 Å². The lowest BCUT2D eigenvalue weighted by Crippen LogP contribution is -2.45. The van der Waals surface area contributed by atoms with Crippen molar-refractivity contribution in [3.05, 3.63) is 36.4 Å². The Morgan fingerprint density at radius 2 is 2.10 bits per heavy atom. The Morgan fingerprint density at radius 3 is 2.81 bits per heavy atom. The third-order valence-corrected chi connectivity index (χ3v) is 3.80. The van der Waals surface area contributed by atoms with Crippen LogP contribution in [0, 0.1) is 0 Å².